The minimum atomic E-state index is 0.365. The van der Waals surface area contributed by atoms with Crippen LogP contribution in [0, 0.1) is 5.92 Å². The lowest BCUT2D eigenvalue weighted by Gasteiger charge is -2.20. The molecular formula is C10H19NO. The lowest BCUT2D eigenvalue weighted by molar-refractivity contribution is -0.120. The van der Waals surface area contributed by atoms with E-state index in [4.69, 9.17) is 5.73 Å². The van der Waals surface area contributed by atoms with Gasteiger partial charge in [0.1, 0.15) is 5.78 Å². The number of carbonyl (C=O) groups is 1. The zero-order valence-corrected chi connectivity index (χ0v) is 7.72. The summed E-state index contributed by atoms with van der Waals surface area (Å²) in [6.07, 6.45) is 7.89. The van der Waals surface area contributed by atoms with E-state index in [0.717, 1.165) is 6.42 Å². The number of rotatable bonds is 4. The van der Waals surface area contributed by atoms with Crippen LogP contribution in [0.2, 0.25) is 0 Å². The molecule has 70 valence electrons. The van der Waals surface area contributed by atoms with Crippen LogP contribution in [0.25, 0.3) is 0 Å². The summed E-state index contributed by atoms with van der Waals surface area (Å²) in [5.41, 5.74) is 5.31. The van der Waals surface area contributed by atoms with Crippen LogP contribution in [0.5, 0.6) is 0 Å². The van der Waals surface area contributed by atoms with Crippen molar-refractivity contribution in [1.29, 1.82) is 0 Å². The summed E-state index contributed by atoms with van der Waals surface area (Å²) in [4.78, 5) is 11.2. The first-order chi connectivity index (χ1) is 5.83. The van der Waals surface area contributed by atoms with Crippen molar-refractivity contribution in [3.05, 3.63) is 0 Å². The highest BCUT2D eigenvalue weighted by Gasteiger charge is 2.16. The van der Waals surface area contributed by atoms with Crippen molar-refractivity contribution in [2.24, 2.45) is 11.7 Å². The molecule has 0 aliphatic heterocycles. The van der Waals surface area contributed by atoms with Gasteiger partial charge >= 0.3 is 0 Å². The smallest absolute Gasteiger partial charge is 0.134 e. The third kappa shape index (κ3) is 3.35. The molecule has 0 unspecified atom stereocenters. The average molecular weight is 169 g/mol. The largest absolute Gasteiger partial charge is 0.330 e. The quantitative estimate of drug-likeness (QED) is 0.698. The summed E-state index contributed by atoms with van der Waals surface area (Å²) in [6, 6.07) is 0. The summed E-state index contributed by atoms with van der Waals surface area (Å²) in [7, 11) is 0. The number of hydrogen-bond acceptors (Lipinski definition) is 2. The number of ketones is 1. The molecule has 2 N–H and O–H groups in total. The predicted molar refractivity (Wildman–Crippen MR) is 49.9 cm³/mol. The summed E-state index contributed by atoms with van der Waals surface area (Å²) < 4.78 is 0. The third-order valence-corrected chi connectivity index (χ3v) is 2.66. The molecule has 0 heterocycles. The van der Waals surface area contributed by atoms with E-state index in [9.17, 15) is 4.79 Å². The maximum atomic E-state index is 11.2. The van der Waals surface area contributed by atoms with E-state index in [1.165, 1.54) is 32.1 Å². The van der Waals surface area contributed by atoms with E-state index in [-0.39, 0.29) is 0 Å². The third-order valence-electron chi connectivity index (χ3n) is 2.66. The van der Waals surface area contributed by atoms with E-state index in [0.29, 0.717) is 24.7 Å². The number of nitrogens with two attached hydrogens (primary N) is 1. The van der Waals surface area contributed by atoms with Crippen LogP contribution >= 0.6 is 0 Å². The Kier molecular flexibility index (Phi) is 4.30. The Balaban J connectivity index is 2.15. The van der Waals surface area contributed by atoms with Crippen LogP contribution in [0.15, 0.2) is 0 Å². The highest BCUT2D eigenvalue weighted by molar-refractivity contribution is 5.78. The lowest BCUT2D eigenvalue weighted by atomic mass is 9.85. The fourth-order valence-electron chi connectivity index (χ4n) is 1.98. The second-order valence-corrected chi connectivity index (χ2v) is 3.79. The molecule has 1 saturated carbocycles. The minimum absolute atomic E-state index is 0.365. The van der Waals surface area contributed by atoms with E-state index >= 15 is 0 Å². The standard InChI is InChI=1S/C10H19NO/c11-7-6-10(12)8-9-4-2-1-3-5-9/h9H,1-8,11H2. The SMILES string of the molecule is NCCC(=O)CC1CCCCC1. The van der Waals surface area contributed by atoms with Gasteiger partial charge in [0, 0.05) is 12.8 Å². The van der Waals surface area contributed by atoms with E-state index in [2.05, 4.69) is 0 Å². The fourth-order valence-corrected chi connectivity index (χ4v) is 1.98. The maximum Gasteiger partial charge on any atom is 0.134 e. The molecule has 0 saturated heterocycles. The molecular weight excluding hydrogens is 150 g/mol. The van der Waals surface area contributed by atoms with E-state index in [1.807, 2.05) is 0 Å². The number of carbonyl (C=O) groups excluding carboxylic acids is 1. The zero-order chi connectivity index (χ0) is 8.81. The molecule has 0 atom stereocenters. The Morgan fingerprint density at radius 1 is 1.25 bits per heavy atom. The van der Waals surface area contributed by atoms with Crippen LogP contribution in [0.3, 0.4) is 0 Å². The molecule has 0 aromatic rings. The van der Waals surface area contributed by atoms with Crippen molar-refractivity contribution in [3.63, 3.8) is 0 Å². The van der Waals surface area contributed by atoms with Crippen LogP contribution in [0.1, 0.15) is 44.9 Å². The van der Waals surface area contributed by atoms with Crippen LogP contribution < -0.4 is 5.73 Å². The van der Waals surface area contributed by atoms with Crippen molar-refractivity contribution in [2.45, 2.75) is 44.9 Å². The van der Waals surface area contributed by atoms with Gasteiger partial charge in [0.25, 0.3) is 0 Å². The van der Waals surface area contributed by atoms with Crippen molar-refractivity contribution < 1.29 is 4.79 Å². The lowest BCUT2D eigenvalue weighted by Crippen LogP contribution is -2.14. The van der Waals surface area contributed by atoms with Crippen molar-refractivity contribution in [3.8, 4) is 0 Å². The first-order valence-corrected chi connectivity index (χ1v) is 5.04. The molecule has 2 nitrogen and oxygen atoms in total. The van der Waals surface area contributed by atoms with Crippen LogP contribution in [-0.2, 0) is 4.79 Å². The molecule has 1 aliphatic rings. The van der Waals surface area contributed by atoms with Crippen LogP contribution in [-0.4, -0.2) is 12.3 Å². The highest BCUT2D eigenvalue weighted by Crippen LogP contribution is 2.26. The van der Waals surface area contributed by atoms with Crippen molar-refractivity contribution in [1.82, 2.24) is 0 Å². The first-order valence-electron chi connectivity index (χ1n) is 5.04. The highest BCUT2D eigenvalue weighted by atomic mass is 16.1. The monoisotopic (exact) mass is 169 g/mol. The number of Topliss-reactive ketones (excluding diaryl/α,β-unsaturated/α-hetero) is 1. The molecule has 0 radical (unpaired) electrons. The zero-order valence-electron chi connectivity index (χ0n) is 7.72. The van der Waals surface area contributed by atoms with Gasteiger partial charge in [-0.1, -0.05) is 32.1 Å². The Hall–Kier alpha value is -0.370. The first kappa shape index (κ1) is 9.72. The second-order valence-electron chi connectivity index (χ2n) is 3.79. The van der Waals surface area contributed by atoms with E-state index in [1.54, 1.807) is 0 Å². The number of hydrogen-bond donors (Lipinski definition) is 1. The molecule has 1 rings (SSSR count). The summed E-state index contributed by atoms with van der Waals surface area (Å²) in [6.45, 7) is 0.519. The van der Waals surface area contributed by atoms with Gasteiger partial charge < -0.3 is 5.73 Å². The van der Waals surface area contributed by atoms with Gasteiger partial charge in [-0.2, -0.15) is 0 Å². The molecule has 0 spiro atoms. The molecule has 0 aromatic carbocycles. The topological polar surface area (TPSA) is 43.1 Å². The molecule has 12 heavy (non-hydrogen) atoms. The van der Waals surface area contributed by atoms with Gasteiger partial charge in [-0.3, -0.25) is 4.79 Å². The Morgan fingerprint density at radius 2 is 1.92 bits per heavy atom. The summed E-state index contributed by atoms with van der Waals surface area (Å²) >= 11 is 0. The molecule has 2 heteroatoms. The van der Waals surface area contributed by atoms with Gasteiger partial charge in [-0.05, 0) is 12.5 Å². The molecule has 0 bridgehead atoms. The molecule has 1 aliphatic carbocycles. The van der Waals surface area contributed by atoms with Crippen LogP contribution in [0.4, 0.5) is 0 Å². The van der Waals surface area contributed by atoms with Gasteiger partial charge in [0.15, 0.2) is 0 Å². The van der Waals surface area contributed by atoms with Crippen molar-refractivity contribution in [2.75, 3.05) is 6.54 Å². The summed E-state index contributed by atoms with van der Waals surface area (Å²) in [5, 5.41) is 0. The van der Waals surface area contributed by atoms with Gasteiger partial charge in [0.05, 0.1) is 0 Å². The molecule has 0 aromatic heterocycles. The molecule has 0 amide bonds. The Morgan fingerprint density at radius 3 is 2.50 bits per heavy atom. The minimum Gasteiger partial charge on any atom is -0.330 e. The van der Waals surface area contributed by atoms with Crippen molar-refractivity contribution >= 4 is 5.78 Å². The fraction of sp³-hybridized carbons (Fsp3) is 0.900. The summed E-state index contributed by atoms with van der Waals surface area (Å²) in [5.74, 6) is 1.04. The second kappa shape index (κ2) is 5.31. The molecule has 1 fully saturated rings. The normalized spacial score (nSPS) is 19.4. The van der Waals surface area contributed by atoms with E-state index < -0.39 is 0 Å². The average Bonchev–Trinajstić information content (AvgIpc) is 2.06. The predicted octanol–water partition coefficient (Wildman–Crippen LogP) is 1.87. The van der Waals surface area contributed by atoms with Gasteiger partial charge in [0.2, 0.25) is 0 Å². The van der Waals surface area contributed by atoms with Gasteiger partial charge in [-0.25, -0.2) is 0 Å². The Bertz CT molecular complexity index is 139. The maximum absolute atomic E-state index is 11.2. The van der Waals surface area contributed by atoms with Gasteiger partial charge in [-0.15, -0.1) is 0 Å². The Labute approximate surface area is 74.5 Å².